The molecule has 0 amide bonds. The minimum absolute atomic E-state index is 0.864. The summed E-state index contributed by atoms with van der Waals surface area (Å²) in [4.78, 5) is 8.22. The maximum absolute atomic E-state index is 4.11. The Labute approximate surface area is 78.0 Å². The Morgan fingerprint density at radius 3 is 2.60 bits per heavy atom. The molecule has 0 saturated carbocycles. The van der Waals surface area contributed by atoms with Crippen molar-refractivity contribution in [2.45, 2.75) is 12.1 Å². The lowest BCUT2D eigenvalue weighted by Crippen LogP contribution is -1.85. The highest BCUT2D eigenvalue weighted by atomic mass is 127. The van der Waals surface area contributed by atoms with Crippen molar-refractivity contribution in [1.82, 2.24) is 9.97 Å². The summed E-state index contributed by atoms with van der Waals surface area (Å²) >= 11 is 3.85. The predicted octanol–water partition coefficient (Wildman–Crippen LogP) is 2.19. The van der Waals surface area contributed by atoms with E-state index in [2.05, 4.69) is 39.5 Å². The molecule has 0 radical (unpaired) electrons. The molecule has 2 nitrogen and oxygen atoms in total. The van der Waals surface area contributed by atoms with Gasteiger partial charge in [0.1, 0.15) is 0 Å². The molecule has 1 heterocycles. The summed E-state index contributed by atoms with van der Waals surface area (Å²) in [6.45, 7) is 2.09. The van der Waals surface area contributed by atoms with Crippen LogP contribution in [-0.2, 0) is 0 Å². The lowest BCUT2D eigenvalue weighted by molar-refractivity contribution is 0.958. The van der Waals surface area contributed by atoms with Gasteiger partial charge in [0.05, 0.1) is 0 Å². The summed E-state index contributed by atoms with van der Waals surface area (Å²) in [5, 5.41) is 0.864. The zero-order valence-corrected chi connectivity index (χ0v) is 8.52. The maximum atomic E-state index is 4.11. The summed E-state index contributed by atoms with van der Waals surface area (Å²) < 4.78 is 1.08. The summed E-state index contributed by atoms with van der Waals surface area (Å²) in [7, 11) is 0. The van der Waals surface area contributed by atoms with E-state index in [1.54, 1.807) is 11.8 Å². The molecule has 10 heavy (non-hydrogen) atoms. The Morgan fingerprint density at radius 1 is 1.50 bits per heavy atom. The highest BCUT2D eigenvalue weighted by Crippen LogP contribution is 2.11. The fourth-order valence-electron chi connectivity index (χ4n) is 0.504. The molecule has 0 spiro atoms. The van der Waals surface area contributed by atoms with Crippen LogP contribution < -0.4 is 0 Å². The van der Waals surface area contributed by atoms with Crippen molar-refractivity contribution in [2.24, 2.45) is 0 Å². The van der Waals surface area contributed by atoms with Crippen LogP contribution in [0.2, 0.25) is 0 Å². The number of thioether (sulfide) groups is 1. The van der Waals surface area contributed by atoms with Crippen LogP contribution in [0.15, 0.2) is 17.6 Å². The number of halogens is 1. The first kappa shape index (κ1) is 8.26. The number of hydrogen-bond acceptors (Lipinski definition) is 3. The van der Waals surface area contributed by atoms with Gasteiger partial charge in [0.2, 0.25) is 0 Å². The average molecular weight is 266 g/mol. The first-order valence-corrected chi connectivity index (χ1v) is 4.99. The van der Waals surface area contributed by atoms with Gasteiger partial charge < -0.3 is 0 Å². The summed E-state index contributed by atoms with van der Waals surface area (Å²) in [6, 6.07) is 0. The maximum Gasteiger partial charge on any atom is 0.187 e. The molecule has 0 aliphatic heterocycles. The van der Waals surface area contributed by atoms with Gasteiger partial charge in [-0.3, -0.25) is 0 Å². The number of hydrogen-bond donors (Lipinski definition) is 0. The van der Waals surface area contributed by atoms with E-state index in [9.17, 15) is 0 Å². The molecule has 0 aliphatic rings. The van der Waals surface area contributed by atoms with Gasteiger partial charge >= 0.3 is 0 Å². The third-order valence-electron chi connectivity index (χ3n) is 0.870. The Morgan fingerprint density at radius 2 is 2.10 bits per heavy atom. The molecule has 1 aromatic heterocycles. The van der Waals surface area contributed by atoms with Crippen LogP contribution in [0.4, 0.5) is 0 Å². The molecular formula is C6H7IN2S. The molecular weight excluding hydrogens is 259 g/mol. The molecule has 0 fully saturated rings. The Balaban J connectivity index is 2.69. The molecule has 0 aliphatic carbocycles. The van der Waals surface area contributed by atoms with E-state index in [1.165, 1.54) is 0 Å². The van der Waals surface area contributed by atoms with E-state index < -0.39 is 0 Å². The fraction of sp³-hybridized carbons (Fsp3) is 0.333. The quantitative estimate of drug-likeness (QED) is 0.466. The van der Waals surface area contributed by atoms with Gasteiger partial charge in [-0.1, -0.05) is 18.7 Å². The van der Waals surface area contributed by atoms with Gasteiger partial charge in [0.15, 0.2) is 5.16 Å². The fourth-order valence-corrected chi connectivity index (χ4v) is 1.30. The number of aromatic nitrogens is 2. The van der Waals surface area contributed by atoms with Gasteiger partial charge in [-0.25, -0.2) is 9.97 Å². The van der Waals surface area contributed by atoms with Crippen molar-refractivity contribution in [3.63, 3.8) is 0 Å². The first-order chi connectivity index (χ1) is 4.83. The van der Waals surface area contributed by atoms with Gasteiger partial charge in [-0.2, -0.15) is 0 Å². The molecule has 0 saturated heterocycles. The Hall–Kier alpha value is 0.160. The smallest absolute Gasteiger partial charge is 0.187 e. The van der Waals surface area contributed by atoms with Crippen molar-refractivity contribution >= 4 is 34.4 Å². The van der Waals surface area contributed by atoms with E-state index in [4.69, 9.17) is 0 Å². The second kappa shape index (κ2) is 4.12. The topological polar surface area (TPSA) is 25.8 Å². The van der Waals surface area contributed by atoms with Crippen molar-refractivity contribution in [3.8, 4) is 0 Å². The molecule has 0 aromatic carbocycles. The normalized spacial score (nSPS) is 9.80. The SMILES string of the molecule is CCSc1ncc(I)cn1. The second-order valence-corrected chi connectivity index (χ2v) is 4.09. The third-order valence-corrected chi connectivity index (χ3v) is 2.18. The van der Waals surface area contributed by atoms with Gasteiger partial charge in [0, 0.05) is 16.0 Å². The van der Waals surface area contributed by atoms with Crippen LogP contribution in [-0.4, -0.2) is 15.7 Å². The summed E-state index contributed by atoms with van der Waals surface area (Å²) in [5.74, 6) is 1.03. The van der Waals surface area contributed by atoms with Crippen LogP contribution in [0.3, 0.4) is 0 Å². The second-order valence-electron chi connectivity index (χ2n) is 1.62. The van der Waals surface area contributed by atoms with Crippen molar-refractivity contribution in [2.75, 3.05) is 5.75 Å². The highest BCUT2D eigenvalue weighted by Gasteiger charge is 1.92. The van der Waals surface area contributed by atoms with Crippen LogP contribution in [0, 0.1) is 3.57 Å². The molecule has 54 valence electrons. The van der Waals surface area contributed by atoms with E-state index in [-0.39, 0.29) is 0 Å². The largest absolute Gasteiger partial charge is 0.230 e. The molecule has 4 heteroatoms. The molecule has 0 bridgehead atoms. The zero-order valence-electron chi connectivity index (χ0n) is 5.54. The molecule has 1 rings (SSSR count). The molecule has 0 atom stereocenters. The predicted molar refractivity (Wildman–Crippen MR) is 51.1 cm³/mol. The van der Waals surface area contributed by atoms with E-state index >= 15 is 0 Å². The summed E-state index contributed by atoms with van der Waals surface area (Å²) in [6.07, 6.45) is 3.65. The van der Waals surface area contributed by atoms with Crippen LogP contribution >= 0.6 is 34.4 Å². The zero-order chi connectivity index (χ0) is 7.40. The van der Waals surface area contributed by atoms with Crippen molar-refractivity contribution < 1.29 is 0 Å². The van der Waals surface area contributed by atoms with E-state index in [0.717, 1.165) is 14.5 Å². The van der Waals surface area contributed by atoms with E-state index in [1.807, 2.05) is 12.4 Å². The minimum atomic E-state index is 0.864. The molecule has 0 N–H and O–H groups in total. The third kappa shape index (κ3) is 2.42. The highest BCUT2D eigenvalue weighted by molar-refractivity contribution is 14.1. The monoisotopic (exact) mass is 266 g/mol. The van der Waals surface area contributed by atoms with Crippen molar-refractivity contribution in [3.05, 3.63) is 16.0 Å². The lowest BCUT2D eigenvalue weighted by Gasteiger charge is -1.93. The van der Waals surface area contributed by atoms with Crippen LogP contribution in [0.1, 0.15) is 6.92 Å². The number of rotatable bonds is 2. The standard InChI is InChI=1S/C6H7IN2S/c1-2-10-6-8-3-5(7)4-9-6/h3-4H,2H2,1H3. The number of nitrogens with zero attached hydrogens (tertiary/aromatic N) is 2. The van der Waals surface area contributed by atoms with E-state index in [0.29, 0.717) is 0 Å². The Bertz CT molecular complexity index is 199. The van der Waals surface area contributed by atoms with Gasteiger partial charge in [0.25, 0.3) is 0 Å². The lowest BCUT2D eigenvalue weighted by atomic mass is 10.7. The summed E-state index contributed by atoms with van der Waals surface area (Å²) in [5.41, 5.74) is 0. The Kier molecular flexibility index (Phi) is 3.41. The van der Waals surface area contributed by atoms with Gasteiger partial charge in [-0.15, -0.1) is 0 Å². The minimum Gasteiger partial charge on any atom is -0.230 e. The molecule has 1 aromatic rings. The van der Waals surface area contributed by atoms with Gasteiger partial charge in [-0.05, 0) is 28.3 Å². The molecule has 0 unspecified atom stereocenters. The first-order valence-electron chi connectivity index (χ1n) is 2.93. The van der Waals surface area contributed by atoms with Crippen LogP contribution in [0.25, 0.3) is 0 Å². The average Bonchev–Trinajstić information content (AvgIpc) is 1.95. The van der Waals surface area contributed by atoms with Crippen LogP contribution in [0.5, 0.6) is 0 Å². The van der Waals surface area contributed by atoms with Crippen molar-refractivity contribution in [1.29, 1.82) is 0 Å².